The van der Waals surface area contributed by atoms with Gasteiger partial charge in [0.15, 0.2) is 5.75 Å². The molecule has 30 heavy (non-hydrogen) atoms. The molecular formula is C19H14ClN3O6S. The zero-order valence-corrected chi connectivity index (χ0v) is 16.6. The fourth-order valence-corrected chi connectivity index (χ4v) is 3.75. The number of nitrogens with zero attached hydrogens (tertiary/aromatic N) is 1. The SMILES string of the molecule is O=C(Nc1ccc(Cl)cc1)c1ccccc1NS(=O)(=O)c1ccc(O)c([N+](=O)[O-])c1. The smallest absolute Gasteiger partial charge is 0.312 e. The summed E-state index contributed by atoms with van der Waals surface area (Å²) < 4.78 is 27.6. The third-order valence-electron chi connectivity index (χ3n) is 3.97. The van der Waals surface area contributed by atoms with E-state index < -0.39 is 37.2 Å². The number of sulfonamides is 1. The van der Waals surface area contributed by atoms with Gasteiger partial charge in [-0.3, -0.25) is 19.6 Å². The van der Waals surface area contributed by atoms with Crippen LogP contribution in [0.1, 0.15) is 10.4 Å². The molecule has 11 heteroatoms. The first-order valence-corrected chi connectivity index (χ1v) is 10.2. The molecule has 0 spiro atoms. The fraction of sp³-hybridized carbons (Fsp3) is 0. The van der Waals surface area contributed by atoms with Crippen molar-refractivity contribution in [3.05, 3.63) is 87.4 Å². The Balaban J connectivity index is 1.90. The topological polar surface area (TPSA) is 139 Å². The summed E-state index contributed by atoms with van der Waals surface area (Å²) >= 11 is 5.81. The second-order valence-electron chi connectivity index (χ2n) is 6.02. The molecule has 0 unspecified atom stereocenters. The summed E-state index contributed by atoms with van der Waals surface area (Å²) in [4.78, 5) is 22.2. The van der Waals surface area contributed by atoms with Gasteiger partial charge in [0.05, 0.1) is 21.1 Å². The summed E-state index contributed by atoms with van der Waals surface area (Å²) in [7, 11) is -4.28. The standard InChI is InChI=1S/C19H14ClN3O6S/c20-12-5-7-13(8-6-12)21-19(25)15-3-1-2-4-16(15)22-30(28,29)14-9-10-18(24)17(11-14)23(26)27/h1-11,22,24H,(H,21,25). The molecule has 0 aliphatic carbocycles. The molecule has 3 aromatic carbocycles. The van der Waals surface area contributed by atoms with Crippen LogP contribution >= 0.6 is 11.6 Å². The van der Waals surface area contributed by atoms with E-state index in [4.69, 9.17) is 11.6 Å². The Kier molecular flexibility index (Phi) is 5.90. The number of hydrogen-bond acceptors (Lipinski definition) is 6. The van der Waals surface area contributed by atoms with Crippen LogP contribution in [-0.2, 0) is 10.0 Å². The van der Waals surface area contributed by atoms with E-state index in [0.29, 0.717) is 10.7 Å². The Morgan fingerprint density at radius 2 is 1.70 bits per heavy atom. The highest BCUT2D eigenvalue weighted by atomic mass is 35.5. The van der Waals surface area contributed by atoms with Gasteiger partial charge < -0.3 is 10.4 Å². The van der Waals surface area contributed by atoms with Gasteiger partial charge in [-0.1, -0.05) is 23.7 Å². The number of benzene rings is 3. The Morgan fingerprint density at radius 3 is 2.37 bits per heavy atom. The minimum absolute atomic E-state index is 0.0281. The van der Waals surface area contributed by atoms with Crippen molar-refractivity contribution in [2.75, 3.05) is 10.0 Å². The number of carbonyl (C=O) groups is 1. The molecular weight excluding hydrogens is 434 g/mol. The molecule has 1 amide bonds. The van der Waals surface area contributed by atoms with Gasteiger partial charge in [-0.25, -0.2) is 8.42 Å². The van der Waals surface area contributed by atoms with Crippen LogP contribution in [0.5, 0.6) is 5.75 Å². The average Bonchev–Trinajstić information content (AvgIpc) is 2.69. The van der Waals surface area contributed by atoms with Crippen LogP contribution in [0.25, 0.3) is 0 Å². The Morgan fingerprint density at radius 1 is 1.03 bits per heavy atom. The minimum atomic E-state index is -4.28. The molecule has 0 saturated heterocycles. The van der Waals surface area contributed by atoms with Crippen molar-refractivity contribution in [3.63, 3.8) is 0 Å². The normalized spacial score (nSPS) is 11.0. The van der Waals surface area contributed by atoms with Crippen LogP contribution in [0.3, 0.4) is 0 Å². The molecule has 0 saturated carbocycles. The van der Waals surface area contributed by atoms with Gasteiger partial charge in [-0.15, -0.1) is 0 Å². The molecule has 0 fully saturated rings. The second kappa shape index (κ2) is 8.39. The molecule has 154 valence electrons. The number of nitro benzene ring substituents is 1. The number of nitro groups is 1. The van der Waals surface area contributed by atoms with E-state index in [-0.39, 0.29) is 11.3 Å². The van der Waals surface area contributed by atoms with Gasteiger partial charge in [0, 0.05) is 16.8 Å². The van der Waals surface area contributed by atoms with Crippen LogP contribution in [-0.4, -0.2) is 24.4 Å². The quantitative estimate of drug-likeness (QED) is 0.385. The molecule has 3 aromatic rings. The lowest BCUT2D eigenvalue weighted by molar-refractivity contribution is -0.386. The van der Waals surface area contributed by atoms with Crippen molar-refractivity contribution >= 4 is 44.6 Å². The maximum absolute atomic E-state index is 12.7. The van der Waals surface area contributed by atoms with Crippen LogP contribution in [0, 0.1) is 10.1 Å². The molecule has 0 atom stereocenters. The maximum atomic E-state index is 12.7. The zero-order valence-electron chi connectivity index (χ0n) is 15.1. The van der Waals surface area contributed by atoms with Crippen LogP contribution in [0.4, 0.5) is 17.1 Å². The number of nitrogens with one attached hydrogen (secondary N) is 2. The number of phenolic OH excluding ortho intramolecular Hbond substituents is 1. The highest BCUT2D eigenvalue weighted by Gasteiger charge is 2.23. The lowest BCUT2D eigenvalue weighted by atomic mass is 10.1. The van der Waals surface area contributed by atoms with E-state index in [2.05, 4.69) is 10.0 Å². The number of hydrogen-bond donors (Lipinski definition) is 3. The lowest BCUT2D eigenvalue weighted by Crippen LogP contribution is -2.18. The molecule has 3 N–H and O–H groups in total. The van der Waals surface area contributed by atoms with Crippen molar-refractivity contribution in [1.82, 2.24) is 0 Å². The first-order valence-electron chi connectivity index (χ1n) is 8.33. The average molecular weight is 448 g/mol. The maximum Gasteiger partial charge on any atom is 0.312 e. The van der Waals surface area contributed by atoms with Gasteiger partial charge in [0.25, 0.3) is 15.9 Å². The van der Waals surface area contributed by atoms with Gasteiger partial charge >= 0.3 is 5.69 Å². The number of halogens is 1. The van der Waals surface area contributed by atoms with E-state index in [0.717, 1.165) is 18.2 Å². The number of para-hydroxylation sites is 1. The monoisotopic (exact) mass is 447 g/mol. The van der Waals surface area contributed by atoms with Crippen molar-refractivity contribution in [3.8, 4) is 5.75 Å². The first-order chi connectivity index (χ1) is 14.2. The Hall–Kier alpha value is -3.63. The molecule has 3 rings (SSSR count). The van der Waals surface area contributed by atoms with Crippen molar-refractivity contribution in [1.29, 1.82) is 0 Å². The summed E-state index contributed by atoms with van der Waals surface area (Å²) in [5.74, 6) is -1.24. The van der Waals surface area contributed by atoms with Crippen LogP contribution in [0.15, 0.2) is 71.6 Å². The first kappa shape index (κ1) is 21.1. The summed E-state index contributed by atoms with van der Waals surface area (Å²) in [5, 5.41) is 23.6. The predicted molar refractivity (Wildman–Crippen MR) is 111 cm³/mol. The summed E-state index contributed by atoms with van der Waals surface area (Å²) in [5.41, 5.74) is -0.299. The highest BCUT2D eigenvalue weighted by molar-refractivity contribution is 7.92. The van der Waals surface area contributed by atoms with E-state index in [9.17, 15) is 28.4 Å². The predicted octanol–water partition coefficient (Wildman–Crippen LogP) is 4.01. The van der Waals surface area contributed by atoms with E-state index in [1.807, 2.05) is 0 Å². The molecule has 0 heterocycles. The Labute approximate surface area is 176 Å². The largest absolute Gasteiger partial charge is 0.502 e. The Bertz CT molecular complexity index is 1230. The number of phenols is 1. The fourth-order valence-electron chi connectivity index (χ4n) is 2.52. The van der Waals surface area contributed by atoms with Gasteiger partial charge in [-0.2, -0.15) is 0 Å². The molecule has 9 nitrogen and oxygen atoms in total. The van der Waals surface area contributed by atoms with Crippen LogP contribution in [0.2, 0.25) is 5.02 Å². The second-order valence-corrected chi connectivity index (χ2v) is 8.14. The highest BCUT2D eigenvalue weighted by Crippen LogP contribution is 2.29. The number of rotatable bonds is 6. The summed E-state index contributed by atoms with van der Waals surface area (Å²) in [6, 6.07) is 14.9. The molecule has 0 radical (unpaired) electrons. The lowest BCUT2D eigenvalue weighted by Gasteiger charge is -2.13. The summed E-state index contributed by atoms with van der Waals surface area (Å²) in [6.07, 6.45) is 0. The van der Waals surface area contributed by atoms with E-state index in [1.165, 1.54) is 18.2 Å². The van der Waals surface area contributed by atoms with Gasteiger partial charge in [0.1, 0.15) is 0 Å². The molecule has 0 aliphatic heterocycles. The number of carbonyl (C=O) groups excluding carboxylic acids is 1. The van der Waals surface area contributed by atoms with Crippen molar-refractivity contribution in [2.24, 2.45) is 0 Å². The summed E-state index contributed by atoms with van der Waals surface area (Å²) in [6.45, 7) is 0. The van der Waals surface area contributed by atoms with Crippen molar-refractivity contribution in [2.45, 2.75) is 4.90 Å². The minimum Gasteiger partial charge on any atom is -0.502 e. The third-order valence-corrected chi connectivity index (χ3v) is 5.59. The number of aromatic hydroxyl groups is 1. The van der Waals surface area contributed by atoms with Gasteiger partial charge in [-0.05, 0) is 48.5 Å². The number of anilines is 2. The molecule has 0 bridgehead atoms. The number of amides is 1. The molecule has 0 aromatic heterocycles. The third kappa shape index (κ3) is 4.67. The van der Waals surface area contributed by atoms with Crippen LogP contribution < -0.4 is 10.0 Å². The van der Waals surface area contributed by atoms with Gasteiger partial charge in [0.2, 0.25) is 0 Å². The molecule has 0 aliphatic rings. The van der Waals surface area contributed by atoms with E-state index >= 15 is 0 Å². The van der Waals surface area contributed by atoms with Crippen molar-refractivity contribution < 1.29 is 23.2 Å². The zero-order chi connectivity index (χ0) is 21.9. The van der Waals surface area contributed by atoms with E-state index in [1.54, 1.807) is 30.3 Å².